The van der Waals surface area contributed by atoms with Gasteiger partial charge in [-0.25, -0.2) is 0 Å². The Morgan fingerprint density at radius 1 is 1.39 bits per heavy atom. The standard InChI is InChI=1S/C16H18N2O4S/c19-14(20)9-13-15(21)18(11-5-2-1-3-6-11)16(23-13)17-10-12-7-4-8-22-12/h1-3,5-6,12-13H,4,7-10H2,(H,19,20). The lowest BCUT2D eigenvalue weighted by atomic mass is 10.2. The zero-order chi connectivity index (χ0) is 16.2. The number of nitrogens with zero attached hydrogens (tertiary/aromatic N) is 2. The van der Waals surface area contributed by atoms with Crippen LogP contribution < -0.4 is 4.90 Å². The molecule has 1 amide bonds. The minimum absolute atomic E-state index is 0.0920. The molecule has 2 heterocycles. The van der Waals surface area contributed by atoms with Gasteiger partial charge in [-0.15, -0.1) is 0 Å². The Bertz CT molecular complexity index is 614. The summed E-state index contributed by atoms with van der Waals surface area (Å²) in [5.74, 6) is -1.21. The third-order valence-corrected chi connectivity index (χ3v) is 4.94. The summed E-state index contributed by atoms with van der Waals surface area (Å²) < 4.78 is 5.56. The minimum Gasteiger partial charge on any atom is -0.481 e. The maximum Gasteiger partial charge on any atom is 0.305 e. The smallest absolute Gasteiger partial charge is 0.305 e. The van der Waals surface area contributed by atoms with Gasteiger partial charge in [0.15, 0.2) is 5.17 Å². The summed E-state index contributed by atoms with van der Waals surface area (Å²) in [5.41, 5.74) is 0.712. The van der Waals surface area contributed by atoms with Crippen molar-refractivity contribution in [3.05, 3.63) is 30.3 Å². The molecule has 2 aliphatic rings. The van der Waals surface area contributed by atoms with Crippen molar-refractivity contribution in [1.82, 2.24) is 0 Å². The van der Waals surface area contributed by atoms with Gasteiger partial charge in [0.2, 0.25) is 5.91 Å². The normalized spacial score (nSPS) is 26.2. The van der Waals surface area contributed by atoms with Crippen LogP contribution in [0.1, 0.15) is 19.3 Å². The number of hydrogen-bond donors (Lipinski definition) is 1. The average molecular weight is 334 g/mol. The van der Waals surface area contributed by atoms with Crippen molar-refractivity contribution >= 4 is 34.5 Å². The molecule has 0 bridgehead atoms. The Balaban J connectivity index is 1.82. The van der Waals surface area contributed by atoms with E-state index in [0.29, 0.717) is 17.4 Å². The number of carboxylic acids is 1. The number of thioether (sulfide) groups is 1. The molecule has 2 saturated heterocycles. The number of carboxylic acid groups (broad SMARTS) is 1. The molecule has 3 rings (SSSR count). The van der Waals surface area contributed by atoms with Crippen molar-refractivity contribution < 1.29 is 19.4 Å². The topological polar surface area (TPSA) is 79.2 Å². The predicted molar refractivity (Wildman–Crippen MR) is 88.8 cm³/mol. The zero-order valence-corrected chi connectivity index (χ0v) is 13.4. The van der Waals surface area contributed by atoms with E-state index in [1.807, 2.05) is 30.3 Å². The van der Waals surface area contributed by atoms with Crippen molar-refractivity contribution in [2.24, 2.45) is 4.99 Å². The van der Waals surface area contributed by atoms with Crippen molar-refractivity contribution in [1.29, 1.82) is 0 Å². The molecule has 0 aliphatic carbocycles. The van der Waals surface area contributed by atoms with Crippen LogP contribution in [0.3, 0.4) is 0 Å². The van der Waals surface area contributed by atoms with E-state index < -0.39 is 11.2 Å². The van der Waals surface area contributed by atoms with Crippen molar-refractivity contribution in [2.75, 3.05) is 18.1 Å². The van der Waals surface area contributed by atoms with Crippen LogP contribution in [0.2, 0.25) is 0 Å². The molecule has 0 radical (unpaired) electrons. The fourth-order valence-electron chi connectivity index (χ4n) is 2.65. The molecule has 1 aromatic rings. The highest BCUT2D eigenvalue weighted by Gasteiger charge is 2.40. The van der Waals surface area contributed by atoms with Crippen LogP contribution in [0, 0.1) is 0 Å². The van der Waals surface area contributed by atoms with Gasteiger partial charge in [-0.2, -0.15) is 0 Å². The second-order valence-electron chi connectivity index (χ2n) is 5.47. The summed E-state index contributed by atoms with van der Waals surface area (Å²) in [6.45, 7) is 1.25. The van der Waals surface area contributed by atoms with Gasteiger partial charge in [0.25, 0.3) is 0 Å². The van der Waals surface area contributed by atoms with E-state index in [1.54, 1.807) is 0 Å². The number of amidine groups is 1. The van der Waals surface area contributed by atoms with Crippen LogP contribution in [0.5, 0.6) is 0 Å². The highest BCUT2D eigenvalue weighted by atomic mass is 32.2. The van der Waals surface area contributed by atoms with Gasteiger partial charge < -0.3 is 9.84 Å². The van der Waals surface area contributed by atoms with Crippen LogP contribution in [0.4, 0.5) is 5.69 Å². The van der Waals surface area contributed by atoms with Crippen LogP contribution in [-0.4, -0.2) is 46.7 Å². The summed E-state index contributed by atoms with van der Waals surface area (Å²) in [7, 11) is 0. The first-order valence-corrected chi connectivity index (χ1v) is 8.46. The number of benzene rings is 1. The Kier molecular flexibility index (Phi) is 4.97. The second-order valence-corrected chi connectivity index (χ2v) is 6.64. The Morgan fingerprint density at radius 3 is 2.83 bits per heavy atom. The molecule has 1 aromatic carbocycles. The first-order valence-electron chi connectivity index (χ1n) is 7.58. The van der Waals surface area contributed by atoms with Gasteiger partial charge in [0.05, 0.1) is 24.8 Å². The molecule has 7 heteroatoms. The summed E-state index contributed by atoms with van der Waals surface area (Å²) in [5, 5.41) is 8.92. The van der Waals surface area contributed by atoms with E-state index >= 15 is 0 Å². The van der Waals surface area contributed by atoms with Crippen molar-refractivity contribution in [3.63, 3.8) is 0 Å². The molecule has 0 aromatic heterocycles. The SMILES string of the molecule is O=C(O)CC1SC(=NCC2CCCO2)N(c2ccccc2)C1=O. The predicted octanol–water partition coefficient (Wildman–Crippen LogP) is 2.14. The maximum atomic E-state index is 12.6. The number of anilines is 1. The number of aliphatic carboxylic acids is 1. The summed E-state index contributed by atoms with van der Waals surface area (Å²) in [6, 6.07) is 9.20. The zero-order valence-electron chi connectivity index (χ0n) is 12.6. The van der Waals surface area contributed by atoms with Gasteiger partial charge in [0, 0.05) is 6.61 Å². The van der Waals surface area contributed by atoms with Gasteiger partial charge in [-0.05, 0) is 25.0 Å². The molecule has 2 fully saturated rings. The number of amides is 1. The molecule has 0 saturated carbocycles. The lowest BCUT2D eigenvalue weighted by Gasteiger charge is -2.17. The monoisotopic (exact) mass is 334 g/mol. The molecule has 6 nitrogen and oxygen atoms in total. The van der Waals surface area contributed by atoms with E-state index in [2.05, 4.69) is 4.99 Å². The first kappa shape index (κ1) is 16.0. The fraction of sp³-hybridized carbons (Fsp3) is 0.438. The molecule has 2 unspecified atom stereocenters. The minimum atomic E-state index is -0.982. The number of ether oxygens (including phenoxy) is 1. The van der Waals surface area contributed by atoms with E-state index in [1.165, 1.54) is 16.7 Å². The maximum absolute atomic E-state index is 12.6. The van der Waals surface area contributed by atoms with Crippen molar-refractivity contribution in [3.8, 4) is 0 Å². The number of carbonyl (C=O) groups is 2. The molecule has 2 atom stereocenters. The Labute approximate surface area is 138 Å². The van der Waals surface area contributed by atoms with E-state index in [9.17, 15) is 9.59 Å². The van der Waals surface area contributed by atoms with E-state index in [-0.39, 0.29) is 18.4 Å². The Hall–Kier alpha value is -1.86. The van der Waals surface area contributed by atoms with Crippen LogP contribution in [0.15, 0.2) is 35.3 Å². The van der Waals surface area contributed by atoms with Crippen molar-refractivity contribution in [2.45, 2.75) is 30.6 Å². The number of para-hydroxylation sites is 1. The number of carbonyl (C=O) groups excluding carboxylic acids is 1. The highest BCUT2D eigenvalue weighted by Crippen LogP contribution is 2.33. The highest BCUT2D eigenvalue weighted by molar-refractivity contribution is 8.16. The lowest BCUT2D eigenvalue weighted by Crippen LogP contribution is -2.33. The van der Waals surface area contributed by atoms with Crippen LogP contribution in [0.25, 0.3) is 0 Å². The molecular formula is C16H18N2O4S. The molecule has 122 valence electrons. The van der Waals surface area contributed by atoms with E-state index in [0.717, 1.165) is 19.4 Å². The molecule has 23 heavy (non-hydrogen) atoms. The lowest BCUT2D eigenvalue weighted by molar-refractivity contribution is -0.138. The van der Waals surface area contributed by atoms with Crippen LogP contribution in [-0.2, 0) is 14.3 Å². The Morgan fingerprint density at radius 2 is 2.17 bits per heavy atom. The van der Waals surface area contributed by atoms with Gasteiger partial charge >= 0.3 is 5.97 Å². The first-order chi connectivity index (χ1) is 11.1. The molecule has 0 spiro atoms. The molecular weight excluding hydrogens is 316 g/mol. The van der Waals surface area contributed by atoms with Gasteiger partial charge in [-0.3, -0.25) is 19.5 Å². The van der Waals surface area contributed by atoms with Gasteiger partial charge in [0.1, 0.15) is 5.25 Å². The quantitative estimate of drug-likeness (QED) is 0.892. The van der Waals surface area contributed by atoms with E-state index in [4.69, 9.17) is 9.84 Å². The number of hydrogen-bond acceptors (Lipinski definition) is 5. The van der Waals surface area contributed by atoms with Gasteiger partial charge in [-0.1, -0.05) is 30.0 Å². The average Bonchev–Trinajstić information content (AvgIpc) is 3.15. The third kappa shape index (κ3) is 3.73. The molecule has 1 N–H and O–H groups in total. The number of rotatable bonds is 5. The summed E-state index contributed by atoms with van der Waals surface area (Å²) in [6.07, 6.45) is 1.89. The van der Waals surface area contributed by atoms with Crippen LogP contribution >= 0.6 is 11.8 Å². The summed E-state index contributed by atoms with van der Waals surface area (Å²) >= 11 is 1.22. The molecule has 2 aliphatic heterocycles. The summed E-state index contributed by atoms with van der Waals surface area (Å²) in [4.78, 5) is 29.6. The largest absolute Gasteiger partial charge is 0.481 e. The second kappa shape index (κ2) is 7.14. The number of aliphatic imine (C=N–C) groups is 1. The fourth-order valence-corrected chi connectivity index (χ4v) is 3.78. The third-order valence-electron chi connectivity index (χ3n) is 3.76.